The number of thioether (sulfide) groups is 1. The van der Waals surface area contributed by atoms with E-state index in [0.29, 0.717) is 13.0 Å². The number of ether oxygens (including phenoxy) is 1. The lowest BCUT2D eigenvalue weighted by Crippen LogP contribution is -2.47. The van der Waals surface area contributed by atoms with Gasteiger partial charge < -0.3 is 14.5 Å². The molecule has 3 saturated heterocycles. The van der Waals surface area contributed by atoms with Crippen LogP contribution in [-0.2, 0) is 14.3 Å². The van der Waals surface area contributed by atoms with Crippen molar-refractivity contribution in [3.05, 3.63) is 30.3 Å². The second-order valence-corrected chi connectivity index (χ2v) is 8.11. The Morgan fingerprint density at radius 1 is 1.21 bits per heavy atom. The maximum Gasteiger partial charge on any atom is 0.228 e. The molecule has 1 spiro atoms. The van der Waals surface area contributed by atoms with E-state index in [-0.39, 0.29) is 22.7 Å². The second kappa shape index (κ2) is 6.41. The van der Waals surface area contributed by atoms with Crippen molar-refractivity contribution in [3.63, 3.8) is 0 Å². The minimum Gasteiger partial charge on any atom is -0.363 e. The van der Waals surface area contributed by atoms with Gasteiger partial charge in [0.25, 0.3) is 0 Å². The van der Waals surface area contributed by atoms with E-state index in [9.17, 15) is 9.59 Å². The normalized spacial score (nSPS) is 26.3. The highest BCUT2D eigenvalue weighted by molar-refractivity contribution is 8.00. The van der Waals surface area contributed by atoms with Crippen molar-refractivity contribution in [1.82, 2.24) is 4.90 Å². The summed E-state index contributed by atoms with van der Waals surface area (Å²) in [5.74, 6) is 1.00. The summed E-state index contributed by atoms with van der Waals surface area (Å²) in [7, 11) is 0. The fourth-order valence-electron chi connectivity index (χ4n) is 3.84. The Balaban J connectivity index is 1.38. The Morgan fingerprint density at radius 3 is 2.62 bits per heavy atom. The SMILES string of the molecule is O=C([C@H]1CC(=O)N(c2ccccc2)C1)N1CCC2(CC1)OCCS2. The monoisotopic (exact) mass is 346 g/mol. The molecule has 3 aliphatic rings. The third-order valence-corrected chi connectivity index (χ3v) is 6.62. The molecule has 0 saturated carbocycles. The van der Waals surface area contributed by atoms with Gasteiger partial charge in [-0.25, -0.2) is 0 Å². The predicted octanol–water partition coefficient (Wildman–Crippen LogP) is 2.12. The number of piperidine rings is 1. The van der Waals surface area contributed by atoms with Crippen LogP contribution < -0.4 is 4.90 Å². The average Bonchev–Trinajstić information content (AvgIpc) is 3.23. The van der Waals surface area contributed by atoms with Crippen molar-refractivity contribution < 1.29 is 14.3 Å². The van der Waals surface area contributed by atoms with E-state index in [4.69, 9.17) is 4.74 Å². The van der Waals surface area contributed by atoms with Gasteiger partial charge in [-0.2, -0.15) is 0 Å². The van der Waals surface area contributed by atoms with Crippen LogP contribution in [0.2, 0.25) is 0 Å². The fraction of sp³-hybridized carbons (Fsp3) is 0.556. The third kappa shape index (κ3) is 2.93. The molecule has 0 radical (unpaired) electrons. The van der Waals surface area contributed by atoms with Crippen molar-refractivity contribution in [2.75, 3.05) is 36.9 Å². The summed E-state index contributed by atoms with van der Waals surface area (Å²) >= 11 is 1.89. The summed E-state index contributed by atoms with van der Waals surface area (Å²) in [6.07, 6.45) is 2.11. The first kappa shape index (κ1) is 16.0. The summed E-state index contributed by atoms with van der Waals surface area (Å²) in [6, 6.07) is 9.61. The second-order valence-electron chi connectivity index (χ2n) is 6.67. The molecule has 1 atom stereocenters. The number of rotatable bonds is 2. The lowest BCUT2D eigenvalue weighted by molar-refractivity contribution is -0.138. The molecule has 5 nitrogen and oxygen atoms in total. The Labute approximate surface area is 146 Å². The van der Waals surface area contributed by atoms with Crippen LogP contribution in [0.1, 0.15) is 19.3 Å². The van der Waals surface area contributed by atoms with Crippen molar-refractivity contribution >= 4 is 29.3 Å². The highest BCUT2D eigenvalue weighted by atomic mass is 32.2. The fourth-order valence-corrected chi connectivity index (χ4v) is 5.02. The molecule has 2 amide bonds. The van der Waals surface area contributed by atoms with Gasteiger partial charge in [0.2, 0.25) is 11.8 Å². The van der Waals surface area contributed by atoms with Crippen molar-refractivity contribution in [2.45, 2.75) is 24.2 Å². The molecule has 6 heteroatoms. The highest BCUT2D eigenvalue weighted by Gasteiger charge is 2.43. The van der Waals surface area contributed by atoms with Crippen LogP contribution in [0.15, 0.2) is 30.3 Å². The molecular formula is C18H22N2O3S. The molecule has 24 heavy (non-hydrogen) atoms. The molecule has 3 aliphatic heterocycles. The van der Waals surface area contributed by atoms with Crippen LogP contribution in [0.25, 0.3) is 0 Å². The largest absolute Gasteiger partial charge is 0.363 e. The molecule has 3 heterocycles. The van der Waals surface area contributed by atoms with Crippen molar-refractivity contribution in [3.8, 4) is 0 Å². The maximum absolute atomic E-state index is 12.8. The lowest BCUT2D eigenvalue weighted by Gasteiger charge is -2.38. The molecule has 0 bridgehead atoms. The first-order valence-electron chi connectivity index (χ1n) is 8.59. The Morgan fingerprint density at radius 2 is 1.96 bits per heavy atom. The van der Waals surface area contributed by atoms with E-state index in [0.717, 1.165) is 44.0 Å². The maximum atomic E-state index is 12.8. The number of nitrogens with zero attached hydrogens (tertiary/aromatic N) is 2. The molecule has 4 rings (SSSR count). The Hall–Kier alpha value is -1.53. The standard InChI is InChI=1S/C18H22N2O3S/c21-16-12-14(13-20(16)15-4-2-1-3-5-15)17(22)19-8-6-18(7-9-19)23-10-11-24-18/h1-5,14H,6-13H2/t14-/m0/s1. The van der Waals surface area contributed by atoms with Crippen molar-refractivity contribution in [2.24, 2.45) is 5.92 Å². The number of benzene rings is 1. The molecule has 0 unspecified atom stereocenters. The number of hydrogen-bond acceptors (Lipinski definition) is 4. The third-order valence-electron chi connectivity index (χ3n) is 5.19. The van der Waals surface area contributed by atoms with E-state index in [1.165, 1.54) is 0 Å². The van der Waals surface area contributed by atoms with E-state index in [1.807, 2.05) is 47.0 Å². The summed E-state index contributed by atoms with van der Waals surface area (Å²) in [5.41, 5.74) is 0.881. The molecular weight excluding hydrogens is 324 g/mol. The minimum atomic E-state index is -0.219. The average molecular weight is 346 g/mol. The smallest absolute Gasteiger partial charge is 0.228 e. The van der Waals surface area contributed by atoms with Crippen LogP contribution in [-0.4, -0.2) is 53.6 Å². The van der Waals surface area contributed by atoms with E-state index in [2.05, 4.69) is 0 Å². The molecule has 0 aliphatic carbocycles. The molecule has 0 aromatic heterocycles. The zero-order chi connectivity index (χ0) is 16.6. The van der Waals surface area contributed by atoms with Crippen LogP contribution in [0.5, 0.6) is 0 Å². The van der Waals surface area contributed by atoms with Crippen LogP contribution in [0, 0.1) is 5.92 Å². The van der Waals surface area contributed by atoms with E-state index >= 15 is 0 Å². The Bertz CT molecular complexity index is 620. The van der Waals surface area contributed by atoms with Crippen molar-refractivity contribution in [1.29, 1.82) is 0 Å². The van der Waals surface area contributed by atoms with Gasteiger partial charge in [-0.05, 0) is 12.1 Å². The number of carbonyl (C=O) groups excluding carboxylic acids is 2. The highest BCUT2D eigenvalue weighted by Crippen LogP contribution is 2.41. The zero-order valence-corrected chi connectivity index (χ0v) is 14.5. The molecule has 3 fully saturated rings. The van der Waals surface area contributed by atoms with Crippen LogP contribution >= 0.6 is 11.8 Å². The molecule has 1 aromatic carbocycles. The minimum absolute atomic E-state index is 0.0442. The topological polar surface area (TPSA) is 49.9 Å². The number of likely N-dealkylation sites (tertiary alicyclic amines) is 1. The zero-order valence-electron chi connectivity index (χ0n) is 13.6. The quantitative estimate of drug-likeness (QED) is 0.823. The van der Waals surface area contributed by atoms with Gasteiger partial charge in [-0.15, -0.1) is 11.8 Å². The number of hydrogen-bond donors (Lipinski definition) is 0. The van der Waals surface area contributed by atoms with E-state index in [1.54, 1.807) is 4.90 Å². The first-order chi connectivity index (χ1) is 11.7. The lowest BCUT2D eigenvalue weighted by atomic mass is 10.0. The van der Waals surface area contributed by atoms with Crippen LogP contribution in [0.3, 0.4) is 0 Å². The number of carbonyl (C=O) groups is 2. The number of amides is 2. The van der Waals surface area contributed by atoms with E-state index < -0.39 is 0 Å². The van der Waals surface area contributed by atoms with Gasteiger partial charge >= 0.3 is 0 Å². The van der Waals surface area contributed by atoms with Gasteiger partial charge in [0.05, 0.1) is 12.5 Å². The first-order valence-corrected chi connectivity index (χ1v) is 9.58. The van der Waals surface area contributed by atoms with Crippen LogP contribution in [0.4, 0.5) is 5.69 Å². The Kier molecular flexibility index (Phi) is 4.26. The summed E-state index contributed by atoms with van der Waals surface area (Å²) in [6.45, 7) is 2.79. The van der Waals surface area contributed by atoms with Gasteiger partial charge in [0.1, 0.15) is 4.93 Å². The van der Waals surface area contributed by atoms with Gasteiger partial charge in [-0.1, -0.05) is 18.2 Å². The number of para-hydroxylation sites is 1. The summed E-state index contributed by atoms with van der Waals surface area (Å²) < 4.78 is 5.89. The molecule has 128 valence electrons. The summed E-state index contributed by atoms with van der Waals surface area (Å²) in [5, 5.41) is 0. The molecule has 0 N–H and O–H groups in total. The predicted molar refractivity (Wildman–Crippen MR) is 93.9 cm³/mol. The molecule has 1 aromatic rings. The number of anilines is 1. The van der Waals surface area contributed by atoms with Gasteiger partial charge in [0, 0.05) is 50.3 Å². The summed E-state index contributed by atoms with van der Waals surface area (Å²) in [4.78, 5) is 28.7. The van der Waals surface area contributed by atoms with Gasteiger partial charge in [0.15, 0.2) is 0 Å². The van der Waals surface area contributed by atoms with Gasteiger partial charge in [-0.3, -0.25) is 9.59 Å².